The van der Waals surface area contributed by atoms with Crippen LogP contribution in [0.25, 0.3) is 0 Å². The Hall–Kier alpha value is -2.41. The van der Waals surface area contributed by atoms with Gasteiger partial charge in [-0.15, -0.1) is 0 Å². The SMILES string of the molecule is CCCCN1C[C@H](C(=O)Nc2ccccc2C(=O)NC[C@H]2CCCO2)CC1=O. The van der Waals surface area contributed by atoms with Crippen molar-refractivity contribution in [2.24, 2.45) is 5.92 Å². The van der Waals surface area contributed by atoms with Crippen molar-refractivity contribution in [3.63, 3.8) is 0 Å². The van der Waals surface area contributed by atoms with Crippen molar-refractivity contribution in [1.29, 1.82) is 0 Å². The zero-order valence-corrected chi connectivity index (χ0v) is 16.4. The molecule has 0 unspecified atom stereocenters. The summed E-state index contributed by atoms with van der Waals surface area (Å²) in [4.78, 5) is 39.1. The van der Waals surface area contributed by atoms with Crippen molar-refractivity contribution >= 4 is 23.4 Å². The first-order valence-electron chi connectivity index (χ1n) is 10.2. The lowest BCUT2D eigenvalue weighted by molar-refractivity contribution is -0.128. The maximum atomic E-state index is 12.7. The van der Waals surface area contributed by atoms with Crippen molar-refractivity contribution in [3.05, 3.63) is 29.8 Å². The summed E-state index contributed by atoms with van der Waals surface area (Å²) in [7, 11) is 0. The van der Waals surface area contributed by atoms with Crippen LogP contribution < -0.4 is 10.6 Å². The summed E-state index contributed by atoms with van der Waals surface area (Å²) in [5.41, 5.74) is 0.887. The largest absolute Gasteiger partial charge is 0.376 e. The van der Waals surface area contributed by atoms with E-state index in [-0.39, 0.29) is 36.2 Å². The van der Waals surface area contributed by atoms with Gasteiger partial charge in [-0.3, -0.25) is 14.4 Å². The topological polar surface area (TPSA) is 87.7 Å². The molecule has 2 aliphatic rings. The number of anilines is 1. The van der Waals surface area contributed by atoms with E-state index < -0.39 is 0 Å². The number of ether oxygens (including phenoxy) is 1. The highest BCUT2D eigenvalue weighted by molar-refractivity contribution is 6.05. The van der Waals surface area contributed by atoms with Crippen molar-refractivity contribution in [1.82, 2.24) is 10.2 Å². The second-order valence-electron chi connectivity index (χ2n) is 7.47. The van der Waals surface area contributed by atoms with E-state index in [9.17, 15) is 14.4 Å². The minimum absolute atomic E-state index is 0.0243. The lowest BCUT2D eigenvalue weighted by Crippen LogP contribution is -2.33. The van der Waals surface area contributed by atoms with Crippen molar-refractivity contribution < 1.29 is 19.1 Å². The average Bonchev–Trinajstić information content (AvgIpc) is 3.34. The Morgan fingerprint density at radius 3 is 2.86 bits per heavy atom. The number of rotatable bonds is 8. The number of nitrogens with zero attached hydrogens (tertiary/aromatic N) is 1. The summed E-state index contributed by atoms with van der Waals surface area (Å²) >= 11 is 0. The summed E-state index contributed by atoms with van der Waals surface area (Å²) in [5.74, 6) is -0.811. The zero-order valence-electron chi connectivity index (χ0n) is 16.4. The molecular weight excluding hydrogens is 358 g/mol. The molecule has 2 saturated heterocycles. The number of carbonyl (C=O) groups excluding carboxylic acids is 3. The third kappa shape index (κ3) is 5.10. The highest BCUT2D eigenvalue weighted by atomic mass is 16.5. The molecule has 1 aromatic rings. The van der Waals surface area contributed by atoms with Gasteiger partial charge in [-0.25, -0.2) is 0 Å². The van der Waals surface area contributed by atoms with E-state index >= 15 is 0 Å². The highest BCUT2D eigenvalue weighted by Gasteiger charge is 2.34. The molecular formula is C21H29N3O4. The van der Waals surface area contributed by atoms with Crippen LogP contribution in [0.15, 0.2) is 24.3 Å². The monoisotopic (exact) mass is 387 g/mol. The molecule has 0 bridgehead atoms. The molecule has 7 nitrogen and oxygen atoms in total. The van der Waals surface area contributed by atoms with Gasteiger partial charge < -0.3 is 20.3 Å². The first-order chi connectivity index (χ1) is 13.6. The molecule has 0 radical (unpaired) electrons. The number of benzene rings is 1. The molecule has 2 atom stereocenters. The number of nitrogens with one attached hydrogen (secondary N) is 2. The van der Waals surface area contributed by atoms with E-state index in [4.69, 9.17) is 4.74 Å². The Kier molecular flexibility index (Phi) is 7.03. The van der Waals surface area contributed by atoms with Crippen LogP contribution in [0, 0.1) is 5.92 Å². The molecule has 2 aliphatic heterocycles. The molecule has 28 heavy (non-hydrogen) atoms. The second-order valence-corrected chi connectivity index (χ2v) is 7.47. The summed E-state index contributed by atoms with van der Waals surface area (Å²) in [5, 5.41) is 5.73. The van der Waals surface area contributed by atoms with Crippen LogP contribution in [0.1, 0.15) is 49.4 Å². The van der Waals surface area contributed by atoms with Crippen LogP contribution in [0.4, 0.5) is 5.69 Å². The van der Waals surface area contributed by atoms with Crippen LogP contribution in [-0.2, 0) is 14.3 Å². The van der Waals surface area contributed by atoms with Crippen LogP contribution >= 0.6 is 0 Å². The van der Waals surface area contributed by atoms with Gasteiger partial charge in [0.15, 0.2) is 0 Å². The first kappa shape index (κ1) is 20.3. The van der Waals surface area contributed by atoms with Gasteiger partial charge in [-0.05, 0) is 31.4 Å². The number of para-hydroxylation sites is 1. The predicted molar refractivity (Wildman–Crippen MR) is 106 cm³/mol. The molecule has 7 heteroatoms. The zero-order chi connectivity index (χ0) is 19.9. The molecule has 0 aliphatic carbocycles. The Morgan fingerprint density at radius 1 is 1.29 bits per heavy atom. The third-order valence-electron chi connectivity index (χ3n) is 5.31. The molecule has 3 amide bonds. The van der Waals surface area contributed by atoms with Gasteiger partial charge in [0, 0.05) is 32.7 Å². The Bertz CT molecular complexity index is 715. The number of hydrogen-bond acceptors (Lipinski definition) is 4. The number of likely N-dealkylation sites (tertiary alicyclic amines) is 1. The van der Waals surface area contributed by atoms with E-state index in [0.29, 0.717) is 30.9 Å². The van der Waals surface area contributed by atoms with Gasteiger partial charge in [-0.1, -0.05) is 25.5 Å². The maximum absolute atomic E-state index is 12.7. The van der Waals surface area contributed by atoms with Gasteiger partial charge in [0.25, 0.3) is 5.91 Å². The Morgan fingerprint density at radius 2 is 2.11 bits per heavy atom. The number of hydrogen-bond donors (Lipinski definition) is 2. The molecule has 3 rings (SSSR count). The lowest BCUT2D eigenvalue weighted by Gasteiger charge is -2.17. The molecule has 0 aromatic heterocycles. The van der Waals surface area contributed by atoms with Gasteiger partial charge >= 0.3 is 0 Å². The molecule has 0 spiro atoms. The minimum atomic E-state index is -0.382. The quantitative estimate of drug-likeness (QED) is 0.716. The Balaban J connectivity index is 1.58. The van der Waals surface area contributed by atoms with E-state index in [0.717, 1.165) is 32.3 Å². The van der Waals surface area contributed by atoms with Crippen molar-refractivity contribution in [3.8, 4) is 0 Å². The fourth-order valence-electron chi connectivity index (χ4n) is 3.64. The fraction of sp³-hybridized carbons (Fsp3) is 0.571. The predicted octanol–water partition coefficient (Wildman–Crippen LogP) is 2.18. The minimum Gasteiger partial charge on any atom is -0.376 e. The van der Waals surface area contributed by atoms with Gasteiger partial charge in [0.2, 0.25) is 11.8 Å². The van der Waals surface area contributed by atoms with Crippen LogP contribution in [0.3, 0.4) is 0 Å². The van der Waals surface area contributed by atoms with Crippen LogP contribution in [0.2, 0.25) is 0 Å². The summed E-state index contributed by atoms with van der Waals surface area (Å²) in [6.45, 7) is 4.41. The normalized spacial score (nSPS) is 21.8. The van der Waals surface area contributed by atoms with Gasteiger partial charge in [-0.2, -0.15) is 0 Å². The van der Waals surface area contributed by atoms with Crippen LogP contribution in [-0.4, -0.2) is 55.0 Å². The average molecular weight is 387 g/mol. The number of carbonyl (C=O) groups is 3. The Labute approximate surface area is 165 Å². The molecule has 0 saturated carbocycles. The smallest absolute Gasteiger partial charge is 0.253 e. The molecule has 152 valence electrons. The molecule has 2 N–H and O–H groups in total. The van der Waals surface area contributed by atoms with Crippen molar-refractivity contribution in [2.75, 3.05) is 31.6 Å². The van der Waals surface area contributed by atoms with E-state index in [1.165, 1.54) is 0 Å². The third-order valence-corrected chi connectivity index (χ3v) is 5.31. The summed E-state index contributed by atoms with van der Waals surface area (Å²) in [6.07, 6.45) is 4.20. The second kappa shape index (κ2) is 9.68. The van der Waals surface area contributed by atoms with E-state index in [1.807, 2.05) is 0 Å². The first-order valence-corrected chi connectivity index (χ1v) is 10.2. The molecule has 1 aromatic carbocycles. The van der Waals surface area contributed by atoms with Gasteiger partial charge in [0.1, 0.15) is 0 Å². The lowest BCUT2D eigenvalue weighted by atomic mass is 10.1. The highest BCUT2D eigenvalue weighted by Crippen LogP contribution is 2.22. The van der Waals surface area contributed by atoms with Gasteiger partial charge in [0.05, 0.1) is 23.3 Å². The summed E-state index contributed by atoms with van der Waals surface area (Å²) in [6, 6.07) is 6.94. The fourth-order valence-corrected chi connectivity index (χ4v) is 3.64. The van der Waals surface area contributed by atoms with Crippen molar-refractivity contribution in [2.45, 2.75) is 45.1 Å². The van der Waals surface area contributed by atoms with E-state index in [1.54, 1.807) is 29.2 Å². The van der Waals surface area contributed by atoms with Crippen LogP contribution in [0.5, 0.6) is 0 Å². The number of unbranched alkanes of at least 4 members (excludes halogenated alkanes) is 1. The van der Waals surface area contributed by atoms with E-state index in [2.05, 4.69) is 17.6 Å². The maximum Gasteiger partial charge on any atom is 0.253 e. The standard InChI is InChI=1S/C21H29N3O4/c1-2-3-10-24-14-15(12-19(24)25)20(26)23-18-9-5-4-8-17(18)21(27)22-13-16-7-6-11-28-16/h4-5,8-9,15-16H,2-3,6-7,10-14H2,1H3,(H,22,27)(H,23,26)/t15-,16-/m1/s1. The number of amides is 3. The molecule has 2 fully saturated rings. The molecule has 2 heterocycles. The summed E-state index contributed by atoms with van der Waals surface area (Å²) < 4.78 is 5.53.